The first-order valence-electron chi connectivity index (χ1n) is 8.21. The smallest absolute Gasteiger partial charge is 0.0746 e. The van der Waals surface area contributed by atoms with E-state index in [0.717, 1.165) is 24.2 Å². The molecular weight excluding hydrogens is 282 g/mol. The van der Waals surface area contributed by atoms with Crippen LogP contribution in [0.15, 0.2) is 60.9 Å². The summed E-state index contributed by atoms with van der Waals surface area (Å²) in [5.41, 5.74) is 3.41. The molecule has 0 saturated carbocycles. The van der Waals surface area contributed by atoms with E-state index in [2.05, 4.69) is 65.5 Å². The summed E-state index contributed by atoms with van der Waals surface area (Å²) in [5.74, 6) is 0.611. The number of para-hydroxylation sites is 1. The predicted octanol–water partition coefficient (Wildman–Crippen LogP) is 4.51. The fourth-order valence-corrected chi connectivity index (χ4v) is 2.91. The zero-order valence-corrected chi connectivity index (χ0v) is 13.7. The highest BCUT2D eigenvalue weighted by atomic mass is 14.9. The standard InChI is InChI=1S/C20H23N3/c1-15(2)13-19(18-10-3-4-11-21-18)23-14-17-8-5-7-16-9-6-12-22-20(16)17/h3-12,15,19,23H,13-14H2,1-2H3/t19-/m1/s1. The van der Waals surface area contributed by atoms with Gasteiger partial charge in [0.2, 0.25) is 0 Å². The van der Waals surface area contributed by atoms with Crippen molar-refractivity contribution in [2.24, 2.45) is 5.92 Å². The van der Waals surface area contributed by atoms with Gasteiger partial charge in [0.25, 0.3) is 0 Å². The van der Waals surface area contributed by atoms with Crippen molar-refractivity contribution in [3.63, 3.8) is 0 Å². The summed E-state index contributed by atoms with van der Waals surface area (Å²) in [5, 5.41) is 4.86. The van der Waals surface area contributed by atoms with Gasteiger partial charge in [-0.15, -0.1) is 0 Å². The number of hydrogen-bond acceptors (Lipinski definition) is 3. The first-order valence-corrected chi connectivity index (χ1v) is 8.21. The van der Waals surface area contributed by atoms with Gasteiger partial charge in [-0.2, -0.15) is 0 Å². The lowest BCUT2D eigenvalue weighted by atomic mass is 10.00. The van der Waals surface area contributed by atoms with Gasteiger partial charge < -0.3 is 5.32 Å². The van der Waals surface area contributed by atoms with Crippen molar-refractivity contribution in [3.8, 4) is 0 Å². The largest absolute Gasteiger partial charge is 0.304 e. The molecule has 0 aliphatic heterocycles. The molecule has 118 valence electrons. The fraction of sp³-hybridized carbons (Fsp3) is 0.300. The van der Waals surface area contributed by atoms with Crippen LogP contribution >= 0.6 is 0 Å². The summed E-state index contributed by atoms with van der Waals surface area (Å²) in [4.78, 5) is 9.07. The molecule has 2 aromatic heterocycles. The van der Waals surface area contributed by atoms with E-state index >= 15 is 0 Å². The molecule has 3 aromatic rings. The highest BCUT2D eigenvalue weighted by Gasteiger charge is 2.14. The van der Waals surface area contributed by atoms with Crippen LogP contribution in [0, 0.1) is 5.92 Å². The summed E-state index contributed by atoms with van der Waals surface area (Å²) in [6.07, 6.45) is 4.79. The van der Waals surface area contributed by atoms with Crippen LogP contribution in [0.3, 0.4) is 0 Å². The molecule has 3 heteroatoms. The topological polar surface area (TPSA) is 37.8 Å². The van der Waals surface area contributed by atoms with Gasteiger partial charge in [-0.05, 0) is 36.1 Å². The number of rotatable bonds is 6. The van der Waals surface area contributed by atoms with Gasteiger partial charge in [-0.25, -0.2) is 0 Å². The first-order chi connectivity index (χ1) is 11.2. The monoisotopic (exact) mass is 305 g/mol. The second kappa shape index (κ2) is 7.34. The van der Waals surface area contributed by atoms with Crippen molar-refractivity contribution < 1.29 is 0 Å². The number of nitrogens with zero attached hydrogens (tertiary/aromatic N) is 2. The van der Waals surface area contributed by atoms with Gasteiger partial charge >= 0.3 is 0 Å². The second-order valence-electron chi connectivity index (χ2n) is 6.31. The summed E-state index contributed by atoms with van der Waals surface area (Å²) in [6, 6.07) is 16.8. The Labute approximate surface area is 137 Å². The Bertz CT molecular complexity index is 748. The minimum atomic E-state index is 0.259. The lowest BCUT2D eigenvalue weighted by Gasteiger charge is -2.20. The predicted molar refractivity (Wildman–Crippen MR) is 95.0 cm³/mol. The number of aromatic nitrogens is 2. The van der Waals surface area contributed by atoms with E-state index in [1.807, 2.05) is 24.5 Å². The van der Waals surface area contributed by atoms with Crippen LogP contribution in [0.1, 0.15) is 37.6 Å². The van der Waals surface area contributed by atoms with Crippen LogP contribution < -0.4 is 5.32 Å². The molecule has 0 amide bonds. The van der Waals surface area contributed by atoms with Crippen molar-refractivity contribution in [2.75, 3.05) is 0 Å². The maximum Gasteiger partial charge on any atom is 0.0746 e. The molecule has 1 N–H and O–H groups in total. The quantitative estimate of drug-likeness (QED) is 0.728. The molecule has 3 rings (SSSR count). The lowest BCUT2D eigenvalue weighted by Crippen LogP contribution is -2.23. The maximum absolute atomic E-state index is 4.54. The van der Waals surface area contributed by atoms with E-state index < -0.39 is 0 Å². The highest BCUT2D eigenvalue weighted by molar-refractivity contribution is 5.81. The summed E-state index contributed by atoms with van der Waals surface area (Å²) >= 11 is 0. The van der Waals surface area contributed by atoms with Gasteiger partial charge in [0.15, 0.2) is 0 Å². The fourth-order valence-electron chi connectivity index (χ4n) is 2.91. The average molecular weight is 305 g/mol. The number of pyridine rings is 2. The summed E-state index contributed by atoms with van der Waals surface area (Å²) in [6.45, 7) is 5.29. The average Bonchev–Trinajstić information content (AvgIpc) is 2.59. The van der Waals surface area contributed by atoms with E-state index in [-0.39, 0.29) is 6.04 Å². The SMILES string of the molecule is CC(C)C[C@@H](NCc1cccc2cccnc12)c1ccccn1. The summed E-state index contributed by atoms with van der Waals surface area (Å²) < 4.78 is 0. The van der Waals surface area contributed by atoms with Crippen LogP contribution in [0.4, 0.5) is 0 Å². The summed E-state index contributed by atoms with van der Waals surface area (Å²) in [7, 11) is 0. The Morgan fingerprint density at radius 1 is 0.913 bits per heavy atom. The van der Waals surface area contributed by atoms with Crippen LogP contribution in [0.2, 0.25) is 0 Å². The minimum absolute atomic E-state index is 0.259. The van der Waals surface area contributed by atoms with Crippen LogP contribution in [-0.4, -0.2) is 9.97 Å². The maximum atomic E-state index is 4.54. The number of hydrogen-bond donors (Lipinski definition) is 1. The molecule has 0 bridgehead atoms. The molecule has 0 saturated heterocycles. The lowest BCUT2D eigenvalue weighted by molar-refractivity contribution is 0.421. The van der Waals surface area contributed by atoms with E-state index in [1.165, 1.54) is 10.9 Å². The number of nitrogens with one attached hydrogen (secondary N) is 1. The van der Waals surface area contributed by atoms with Crippen molar-refractivity contribution in [1.82, 2.24) is 15.3 Å². The molecular formula is C20H23N3. The molecule has 0 fully saturated rings. The van der Waals surface area contributed by atoms with Crippen LogP contribution in [0.25, 0.3) is 10.9 Å². The van der Waals surface area contributed by atoms with Crippen molar-refractivity contribution in [1.29, 1.82) is 0 Å². The zero-order valence-electron chi connectivity index (χ0n) is 13.7. The van der Waals surface area contributed by atoms with Crippen molar-refractivity contribution in [2.45, 2.75) is 32.9 Å². The molecule has 0 aliphatic carbocycles. The third-order valence-corrected chi connectivity index (χ3v) is 4.01. The van der Waals surface area contributed by atoms with E-state index in [0.29, 0.717) is 5.92 Å². The Hall–Kier alpha value is -2.26. The Balaban J connectivity index is 1.80. The Morgan fingerprint density at radius 3 is 2.52 bits per heavy atom. The Kier molecular flexibility index (Phi) is 4.99. The third kappa shape index (κ3) is 3.93. The molecule has 0 spiro atoms. The minimum Gasteiger partial charge on any atom is -0.304 e. The molecule has 2 heterocycles. The second-order valence-corrected chi connectivity index (χ2v) is 6.31. The van der Waals surface area contributed by atoms with Crippen LogP contribution in [0.5, 0.6) is 0 Å². The zero-order chi connectivity index (χ0) is 16.1. The van der Waals surface area contributed by atoms with E-state index in [1.54, 1.807) is 0 Å². The molecule has 0 unspecified atom stereocenters. The van der Waals surface area contributed by atoms with Crippen LogP contribution in [-0.2, 0) is 6.54 Å². The highest BCUT2D eigenvalue weighted by Crippen LogP contribution is 2.21. The first kappa shape index (κ1) is 15.6. The van der Waals surface area contributed by atoms with Gasteiger partial charge in [0.05, 0.1) is 11.2 Å². The van der Waals surface area contributed by atoms with Gasteiger partial charge in [-0.3, -0.25) is 9.97 Å². The van der Waals surface area contributed by atoms with Crippen molar-refractivity contribution >= 4 is 10.9 Å². The molecule has 1 aromatic carbocycles. The molecule has 1 atom stereocenters. The van der Waals surface area contributed by atoms with E-state index in [4.69, 9.17) is 0 Å². The van der Waals surface area contributed by atoms with Crippen molar-refractivity contribution in [3.05, 3.63) is 72.2 Å². The number of benzene rings is 1. The molecule has 3 nitrogen and oxygen atoms in total. The number of fused-ring (bicyclic) bond motifs is 1. The Morgan fingerprint density at radius 2 is 1.74 bits per heavy atom. The van der Waals surface area contributed by atoms with Gasteiger partial charge in [-0.1, -0.05) is 44.2 Å². The normalized spacial score (nSPS) is 12.7. The molecule has 0 aliphatic rings. The van der Waals surface area contributed by atoms with Gasteiger partial charge in [0.1, 0.15) is 0 Å². The van der Waals surface area contributed by atoms with E-state index in [9.17, 15) is 0 Å². The molecule has 0 radical (unpaired) electrons. The third-order valence-electron chi connectivity index (χ3n) is 4.01. The molecule has 23 heavy (non-hydrogen) atoms. The van der Waals surface area contributed by atoms with Gasteiger partial charge in [0, 0.05) is 30.4 Å².